The first-order chi connectivity index (χ1) is 20.2. The van der Waals surface area contributed by atoms with Crippen LogP contribution in [0.4, 0.5) is 5.69 Å². The molecule has 0 fully saturated rings. The Hall–Kier alpha value is -4.54. The minimum atomic E-state index is -0.658. The van der Waals surface area contributed by atoms with Crippen LogP contribution in [-0.2, 0) is 22.6 Å². The van der Waals surface area contributed by atoms with Crippen LogP contribution in [0.5, 0.6) is 17.2 Å². The Labute approximate surface area is 245 Å². The highest BCUT2D eigenvalue weighted by molar-refractivity contribution is 5.86. The molecule has 2 atom stereocenters. The highest BCUT2D eigenvalue weighted by Gasteiger charge is 2.30. The minimum absolute atomic E-state index is 0.109. The van der Waals surface area contributed by atoms with Gasteiger partial charge in [-0.3, -0.25) is 19.1 Å². The highest BCUT2D eigenvalue weighted by Crippen LogP contribution is 2.50. The summed E-state index contributed by atoms with van der Waals surface area (Å²) in [4.78, 5) is 39.0. The molecule has 0 saturated carbocycles. The topological polar surface area (TPSA) is 133 Å². The number of ether oxygens (including phenoxy) is 3. The Morgan fingerprint density at radius 1 is 1.10 bits per heavy atom. The number of methoxy groups -OCH3 is 3. The van der Waals surface area contributed by atoms with Crippen molar-refractivity contribution >= 4 is 17.5 Å². The van der Waals surface area contributed by atoms with E-state index in [2.05, 4.69) is 21.0 Å². The molecule has 0 saturated heterocycles. The maximum Gasteiger partial charge on any atom is 0.242 e. The molecule has 11 heteroatoms. The first-order valence-electron chi connectivity index (χ1n) is 14.0. The molecular formula is C31H39N5O6. The second-order valence-electron chi connectivity index (χ2n) is 10.5. The van der Waals surface area contributed by atoms with Crippen molar-refractivity contribution in [2.24, 2.45) is 5.92 Å². The van der Waals surface area contributed by atoms with Gasteiger partial charge < -0.3 is 30.2 Å². The summed E-state index contributed by atoms with van der Waals surface area (Å²) in [6, 6.07) is 7.70. The zero-order chi connectivity index (χ0) is 30.4. The van der Waals surface area contributed by atoms with Crippen LogP contribution in [0.25, 0.3) is 11.1 Å². The molecule has 1 heterocycles. The van der Waals surface area contributed by atoms with Crippen LogP contribution in [0, 0.1) is 5.92 Å². The molecule has 0 radical (unpaired) electrons. The molecule has 42 heavy (non-hydrogen) atoms. The third-order valence-electron chi connectivity index (χ3n) is 7.38. The molecule has 1 aliphatic rings. The van der Waals surface area contributed by atoms with Crippen molar-refractivity contribution in [3.63, 3.8) is 0 Å². The van der Waals surface area contributed by atoms with Gasteiger partial charge in [-0.05, 0) is 59.7 Å². The van der Waals surface area contributed by atoms with E-state index in [9.17, 15) is 14.4 Å². The molecule has 11 nitrogen and oxygen atoms in total. The van der Waals surface area contributed by atoms with Crippen LogP contribution >= 0.6 is 0 Å². The van der Waals surface area contributed by atoms with Gasteiger partial charge in [-0.25, -0.2) is 0 Å². The molecule has 1 aliphatic carbocycles. The third kappa shape index (κ3) is 6.50. The number of amides is 2. The Morgan fingerprint density at radius 3 is 2.48 bits per heavy atom. The lowest BCUT2D eigenvalue weighted by atomic mass is 9.95. The summed E-state index contributed by atoms with van der Waals surface area (Å²) in [6.45, 7) is 6.22. The van der Waals surface area contributed by atoms with Crippen molar-refractivity contribution in [3.8, 4) is 28.4 Å². The van der Waals surface area contributed by atoms with Gasteiger partial charge in [-0.2, -0.15) is 5.10 Å². The second kappa shape index (κ2) is 13.4. The van der Waals surface area contributed by atoms with E-state index in [0.29, 0.717) is 54.3 Å². The van der Waals surface area contributed by atoms with Gasteiger partial charge in [0.1, 0.15) is 6.04 Å². The van der Waals surface area contributed by atoms with Crippen LogP contribution in [0.3, 0.4) is 0 Å². The molecule has 2 unspecified atom stereocenters. The molecule has 3 aromatic rings. The molecule has 4 rings (SSSR count). The number of hydrogen-bond donors (Lipinski definition) is 3. The monoisotopic (exact) mass is 577 g/mol. The number of aryl methyl sites for hydroxylation is 1. The Bertz CT molecular complexity index is 1490. The van der Waals surface area contributed by atoms with Gasteiger partial charge in [0.15, 0.2) is 11.5 Å². The van der Waals surface area contributed by atoms with Crippen molar-refractivity contribution in [3.05, 3.63) is 64.1 Å². The van der Waals surface area contributed by atoms with E-state index < -0.39 is 12.1 Å². The number of aromatic nitrogens is 2. The zero-order valence-electron chi connectivity index (χ0n) is 24.9. The predicted molar refractivity (Wildman–Crippen MR) is 160 cm³/mol. The van der Waals surface area contributed by atoms with Crippen molar-refractivity contribution in [2.75, 3.05) is 33.2 Å². The number of anilines is 1. The summed E-state index contributed by atoms with van der Waals surface area (Å²) in [5.41, 5.74) is 3.03. The average Bonchev–Trinajstić information content (AvgIpc) is 3.37. The summed E-state index contributed by atoms with van der Waals surface area (Å²) < 4.78 is 18.8. The Kier molecular flexibility index (Phi) is 9.72. The smallest absolute Gasteiger partial charge is 0.242 e. The van der Waals surface area contributed by atoms with E-state index >= 15 is 0 Å². The van der Waals surface area contributed by atoms with Gasteiger partial charge in [-0.15, -0.1) is 0 Å². The summed E-state index contributed by atoms with van der Waals surface area (Å²) in [6.07, 6.45) is 4.67. The molecule has 224 valence electrons. The SMILES string of the molecule is COc1cc2c(c(OC)c1OC)-c1ccc(NC(C(=O)NCCn3cccn3)C(C)C)c(=O)cc1C(NC(C)=O)CC2. The number of carbonyl (C=O) groups excluding carboxylic acids is 2. The van der Waals surface area contributed by atoms with Gasteiger partial charge >= 0.3 is 0 Å². The maximum atomic E-state index is 13.7. The number of nitrogens with one attached hydrogen (secondary N) is 3. The molecular weight excluding hydrogens is 538 g/mol. The van der Waals surface area contributed by atoms with E-state index in [1.165, 1.54) is 13.0 Å². The fraction of sp³-hybridized carbons (Fsp3) is 0.419. The average molecular weight is 578 g/mol. The Morgan fingerprint density at radius 2 is 1.86 bits per heavy atom. The maximum absolute atomic E-state index is 13.7. The third-order valence-corrected chi connectivity index (χ3v) is 7.38. The lowest BCUT2D eigenvalue weighted by Gasteiger charge is -2.22. The van der Waals surface area contributed by atoms with Crippen LogP contribution < -0.4 is 35.6 Å². The second-order valence-corrected chi connectivity index (χ2v) is 10.5. The fourth-order valence-electron chi connectivity index (χ4n) is 5.37. The number of rotatable bonds is 11. The van der Waals surface area contributed by atoms with Gasteiger partial charge in [0.2, 0.25) is 23.0 Å². The van der Waals surface area contributed by atoms with Crippen LogP contribution in [0.1, 0.15) is 44.4 Å². The van der Waals surface area contributed by atoms with Gasteiger partial charge in [-0.1, -0.05) is 19.9 Å². The van der Waals surface area contributed by atoms with Crippen LogP contribution in [0.15, 0.2) is 47.5 Å². The number of carbonyl (C=O) groups is 2. The lowest BCUT2D eigenvalue weighted by molar-refractivity contribution is -0.122. The van der Waals surface area contributed by atoms with E-state index in [0.717, 1.165) is 11.1 Å². The molecule has 0 bridgehead atoms. The molecule has 2 aromatic carbocycles. The van der Waals surface area contributed by atoms with Crippen molar-refractivity contribution < 1.29 is 23.8 Å². The predicted octanol–water partition coefficient (Wildman–Crippen LogP) is 3.31. The highest BCUT2D eigenvalue weighted by atomic mass is 16.5. The lowest BCUT2D eigenvalue weighted by Crippen LogP contribution is -2.44. The van der Waals surface area contributed by atoms with E-state index in [-0.39, 0.29) is 28.8 Å². The molecule has 3 N–H and O–H groups in total. The minimum Gasteiger partial charge on any atom is -0.493 e. The first kappa shape index (κ1) is 30.4. The number of benzene rings is 1. The van der Waals surface area contributed by atoms with Crippen LogP contribution in [-0.4, -0.2) is 55.5 Å². The standard InChI is InChI=1S/C31H39N5O6/c1-18(2)28(31(39)32-13-15-36-14-7-12-33-36)35-24-11-9-21-22(17-25(24)38)23(34-19(3)37)10-8-20-16-26(40-4)29(41-5)30(42-6)27(20)21/h7,9,11-12,14,16-18,23,28H,8,10,13,15H2,1-6H3,(H,32,39)(H,34,37)(H,35,38). The summed E-state index contributed by atoms with van der Waals surface area (Å²) >= 11 is 0. The van der Waals surface area contributed by atoms with Gasteiger partial charge in [0, 0.05) is 31.4 Å². The quantitative estimate of drug-likeness (QED) is 0.316. The van der Waals surface area contributed by atoms with Gasteiger partial charge in [0.05, 0.1) is 39.6 Å². The Balaban J connectivity index is 1.77. The van der Waals surface area contributed by atoms with Crippen LogP contribution in [0.2, 0.25) is 0 Å². The largest absolute Gasteiger partial charge is 0.493 e. The number of hydrogen-bond acceptors (Lipinski definition) is 8. The van der Waals surface area contributed by atoms with Crippen molar-refractivity contribution in [1.29, 1.82) is 0 Å². The van der Waals surface area contributed by atoms with E-state index in [1.807, 2.05) is 38.2 Å². The first-order valence-corrected chi connectivity index (χ1v) is 14.0. The van der Waals surface area contributed by atoms with E-state index in [4.69, 9.17) is 14.2 Å². The summed E-state index contributed by atoms with van der Waals surface area (Å²) in [5.74, 6) is 0.899. The molecule has 1 aromatic heterocycles. The van der Waals surface area contributed by atoms with Crippen molar-refractivity contribution in [2.45, 2.75) is 52.2 Å². The van der Waals surface area contributed by atoms with E-state index in [1.54, 1.807) is 38.3 Å². The summed E-state index contributed by atoms with van der Waals surface area (Å²) in [5, 5.41) is 13.3. The molecule has 0 spiro atoms. The fourth-order valence-corrected chi connectivity index (χ4v) is 5.37. The molecule has 0 aliphatic heterocycles. The summed E-state index contributed by atoms with van der Waals surface area (Å²) in [7, 11) is 4.66. The van der Waals surface area contributed by atoms with Crippen molar-refractivity contribution in [1.82, 2.24) is 20.4 Å². The van der Waals surface area contributed by atoms with Gasteiger partial charge in [0.25, 0.3) is 0 Å². The number of nitrogens with zero attached hydrogens (tertiary/aromatic N) is 2. The zero-order valence-corrected chi connectivity index (χ0v) is 24.9. The number of fused-ring (bicyclic) bond motifs is 3. The normalized spacial score (nSPS) is 14.6. The molecule has 2 amide bonds.